The third-order valence-corrected chi connectivity index (χ3v) is 3.04. The number of aliphatic hydroxyl groups excluding tert-OH is 1. The predicted octanol–water partition coefficient (Wildman–Crippen LogP) is 3.08. The molecular formula is C14H16F3N3O. The van der Waals surface area contributed by atoms with Crippen molar-refractivity contribution >= 4 is 0 Å². The molecule has 0 radical (unpaired) electrons. The predicted molar refractivity (Wildman–Crippen MR) is 71.0 cm³/mol. The summed E-state index contributed by atoms with van der Waals surface area (Å²) in [6.45, 7) is 5.50. The van der Waals surface area contributed by atoms with Crippen molar-refractivity contribution in [3.8, 4) is 5.69 Å². The third-order valence-electron chi connectivity index (χ3n) is 3.04. The van der Waals surface area contributed by atoms with E-state index in [4.69, 9.17) is 0 Å². The Kier molecular flexibility index (Phi) is 3.79. The zero-order valence-corrected chi connectivity index (χ0v) is 11.9. The molecule has 0 aliphatic carbocycles. The van der Waals surface area contributed by atoms with Gasteiger partial charge in [-0.2, -0.15) is 13.2 Å². The summed E-state index contributed by atoms with van der Waals surface area (Å²) >= 11 is 0. The largest absolute Gasteiger partial charge is 0.416 e. The first-order valence-electron chi connectivity index (χ1n) is 6.38. The number of aromatic nitrogens is 3. The van der Waals surface area contributed by atoms with E-state index >= 15 is 0 Å². The van der Waals surface area contributed by atoms with Gasteiger partial charge in [-0.05, 0) is 24.3 Å². The monoisotopic (exact) mass is 299 g/mol. The van der Waals surface area contributed by atoms with E-state index in [0.29, 0.717) is 17.1 Å². The molecule has 1 heterocycles. The van der Waals surface area contributed by atoms with Crippen molar-refractivity contribution in [3.05, 3.63) is 41.2 Å². The van der Waals surface area contributed by atoms with Gasteiger partial charge in [-0.15, -0.1) is 5.10 Å². The van der Waals surface area contributed by atoms with Crippen LogP contribution in [0, 0.1) is 0 Å². The maximum Gasteiger partial charge on any atom is 0.416 e. The van der Waals surface area contributed by atoms with E-state index in [9.17, 15) is 18.3 Å². The molecule has 114 valence electrons. The van der Waals surface area contributed by atoms with Crippen LogP contribution in [0.25, 0.3) is 5.69 Å². The van der Waals surface area contributed by atoms with E-state index < -0.39 is 11.7 Å². The number of aliphatic hydroxyl groups is 1. The highest BCUT2D eigenvalue weighted by Gasteiger charge is 2.30. The lowest BCUT2D eigenvalue weighted by Gasteiger charge is -2.21. The maximum atomic E-state index is 12.6. The summed E-state index contributed by atoms with van der Waals surface area (Å²) in [5.74, 6) is 0. The second-order valence-electron chi connectivity index (χ2n) is 5.75. The Bertz CT molecular complexity index is 624. The molecule has 0 atom stereocenters. The highest BCUT2D eigenvalue weighted by molar-refractivity contribution is 5.38. The topological polar surface area (TPSA) is 50.9 Å². The lowest BCUT2D eigenvalue weighted by Crippen LogP contribution is -2.19. The van der Waals surface area contributed by atoms with Crippen molar-refractivity contribution in [2.75, 3.05) is 0 Å². The molecule has 2 aromatic rings. The van der Waals surface area contributed by atoms with E-state index in [0.717, 1.165) is 12.1 Å². The second-order valence-corrected chi connectivity index (χ2v) is 5.75. The molecule has 1 aromatic heterocycles. The van der Waals surface area contributed by atoms with Gasteiger partial charge in [0.2, 0.25) is 0 Å². The van der Waals surface area contributed by atoms with Gasteiger partial charge >= 0.3 is 6.18 Å². The summed E-state index contributed by atoms with van der Waals surface area (Å²) in [7, 11) is 0. The van der Waals surface area contributed by atoms with Gasteiger partial charge in [0.15, 0.2) is 0 Å². The summed E-state index contributed by atoms with van der Waals surface area (Å²) in [4.78, 5) is 0. The fourth-order valence-corrected chi connectivity index (χ4v) is 2.14. The molecule has 1 aromatic carbocycles. The first kappa shape index (κ1) is 15.5. The Hall–Kier alpha value is -1.89. The van der Waals surface area contributed by atoms with E-state index in [2.05, 4.69) is 10.3 Å². The number of nitrogens with zero attached hydrogens (tertiary/aromatic N) is 3. The maximum absolute atomic E-state index is 12.6. The van der Waals surface area contributed by atoms with Crippen LogP contribution in [0.15, 0.2) is 24.3 Å². The van der Waals surface area contributed by atoms with Crippen LogP contribution in [0.3, 0.4) is 0 Å². The zero-order chi connectivity index (χ0) is 15.8. The Balaban J connectivity index is 2.50. The van der Waals surface area contributed by atoms with Gasteiger partial charge in [-0.25, -0.2) is 4.68 Å². The number of rotatable bonds is 2. The molecule has 0 spiro atoms. The molecule has 0 aliphatic rings. The summed E-state index contributed by atoms with van der Waals surface area (Å²) in [6.07, 6.45) is -4.37. The van der Waals surface area contributed by atoms with Gasteiger partial charge < -0.3 is 5.11 Å². The van der Waals surface area contributed by atoms with Crippen LogP contribution in [-0.4, -0.2) is 20.1 Å². The van der Waals surface area contributed by atoms with Crippen molar-refractivity contribution in [2.45, 2.75) is 39.0 Å². The molecule has 0 amide bonds. The molecule has 2 rings (SSSR count). The van der Waals surface area contributed by atoms with Crippen LogP contribution in [-0.2, 0) is 18.2 Å². The normalized spacial score (nSPS) is 12.7. The molecule has 0 bridgehead atoms. The molecular weight excluding hydrogens is 283 g/mol. The first-order chi connectivity index (χ1) is 9.64. The number of hydrogen-bond acceptors (Lipinski definition) is 3. The lowest BCUT2D eigenvalue weighted by molar-refractivity contribution is -0.137. The third kappa shape index (κ3) is 3.07. The molecule has 0 saturated heterocycles. The average Bonchev–Trinajstić information content (AvgIpc) is 2.81. The van der Waals surface area contributed by atoms with E-state index in [1.165, 1.54) is 16.8 Å². The van der Waals surface area contributed by atoms with Gasteiger partial charge in [-0.3, -0.25) is 0 Å². The van der Waals surface area contributed by atoms with E-state index in [1.807, 2.05) is 20.8 Å². The standard InChI is InChI=1S/C14H16F3N3O/c1-13(2,3)12-11(8-21)18-19-20(12)10-6-4-9(5-7-10)14(15,16)17/h4-7,21H,8H2,1-3H3. The number of alkyl halides is 3. The van der Waals surface area contributed by atoms with Crippen molar-refractivity contribution < 1.29 is 18.3 Å². The highest BCUT2D eigenvalue weighted by atomic mass is 19.4. The smallest absolute Gasteiger partial charge is 0.390 e. The molecule has 4 nitrogen and oxygen atoms in total. The average molecular weight is 299 g/mol. The summed E-state index contributed by atoms with van der Waals surface area (Å²) in [5, 5.41) is 17.2. The molecule has 7 heteroatoms. The van der Waals surface area contributed by atoms with E-state index in [1.54, 1.807) is 0 Å². The molecule has 0 fully saturated rings. The number of halogens is 3. The van der Waals surface area contributed by atoms with Crippen molar-refractivity contribution in [1.82, 2.24) is 15.0 Å². The fraction of sp³-hybridized carbons (Fsp3) is 0.429. The number of benzene rings is 1. The Labute approximate surface area is 120 Å². The van der Waals surface area contributed by atoms with Gasteiger partial charge in [0.05, 0.1) is 23.6 Å². The van der Waals surface area contributed by atoms with Crippen molar-refractivity contribution in [2.24, 2.45) is 0 Å². The minimum absolute atomic E-state index is 0.271. The summed E-state index contributed by atoms with van der Waals surface area (Å²) in [6, 6.07) is 4.69. The minimum atomic E-state index is -4.37. The van der Waals surface area contributed by atoms with Crippen LogP contribution in [0.4, 0.5) is 13.2 Å². The molecule has 0 unspecified atom stereocenters. The lowest BCUT2D eigenvalue weighted by atomic mass is 9.90. The molecule has 0 saturated carbocycles. The van der Waals surface area contributed by atoms with Gasteiger partial charge in [0.1, 0.15) is 5.69 Å². The number of hydrogen-bond donors (Lipinski definition) is 1. The summed E-state index contributed by atoms with van der Waals surface area (Å²) in [5.41, 5.74) is 0.489. The highest BCUT2D eigenvalue weighted by Crippen LogP contribution is 2.31. The Morgan fingerprint density at radius 1 is 1.10 bits per heavy atom. The van der Waals surface area contributed by atoms with Crippen LogP contribution in [0.5, 0.6) is 0 Å². The molecule has 0 aliphatic heterocycles. The van der Waals surface area contributed by atoms with Crippen LogP contribution >= 0.6 is 0 Å². The van der Waals surface area contributed by atoms with Crippen LogP contribution in [0.2, 0.25) is 0 Å². The van der Waals surface area contributed by atoms with Gasteiger partial charge in [0, 0.05) is 5.41 Å². The van der Waals surface area contributed by atoms with Gasteiger partial charge in [0.25, 0.3) is 0 Å². The quantitative estimate of drug-likeness (QED) is 0.927. The zero-order valence-electron chi connectivity index (χ0n) is 11.9. The molecule has 1 N–H and O–H groups in total. The second kappa shape index (κ2) is 5.14. The van der Waals surface area contributed by atoms with Crippen molar-refractivity contribution in [1.29, 1.82) is 0 Å². The van der Waals surface area contributed by atoms with Crippen LogP contribution in [0.1, 0.15) is 37.7 Å². The SMILES string of the molecule is CC(C)(C)c1c(CO)nnn1-c1ccc(C(F)(F)F)cc1. The Morgan fingerprint density at radius 3 is 2.10 bits per heavy atom. The first-order valence-corrected chi connectivity index (χ1v) is 6.38. The fourth-order valence-electron chi connectivity index (χ4n) is 2.14. The van der Waals surface area contributed by atoms with Crippen LogP contribution < -0.4 is 0 Å². The summed E-state index contributed by atoms with van der Waals surface area (Å²) < 4.78 is 39.2. The van der Waals surface area contributed by atoms with E-state index in [-0.39, 0.29) is 12.0 Å². The van der Waals surface area contributed by atoms with Gasteiger partial charge in [-0.1, -0.05) is 26.0 Å². The molecule has 21 heavy (non-hydrogen) atoms. The van der Waals surface area contributed by atoms with Crippen molar-refractivity contribution in [3.63, 3.8) is 0 Å². The Morgan fingerprint density at radius 2 is 1.67 bits per heavy atom. The minimum Gasteiger partial charge on any atom is -0.390 e.